The van der Waals surface area contributed by atoms with Gasteiger partial charge in [-0.15, -0.1) is 5.10 Å². The fraction of sp³-hybridized carbons (Fsp3) is 0.346. The fourth-order valence-electron chi connectivity index (χ4n) is 4.63. The van der Waals surface area contributed by atoms with E-state index in [1.165, 1.54) is 0 Å². The van der Waals surface area contributed by atoms with Crippen molar-refractivity contribution in [1.29, 1.82) is 0 Å². The number of nitrogens with one attached hydrogen (secondary N) is 1. The predicted molar refractivity (Wildman–Crippen MR) is 135 cm³/mol. The summed E-state index contributed by atoms with van der Waals surface area (Å²) in [6, 6.07) is 15.2. The molecule has 176 valence electrons. The molecule has 8 heteroatoms. The highest BCUT2D eigenvalue weighted by Gasteiger charge is 2.41. The van der Waals surface area contributed by atoms with E-state index in [0.717, 1.165) is 40.3 Å². The van der Waals surface area contributed by atoms with Gasteiger partial charge in [-0.3, -0.25) is 4.79 Å². The summed E-state index contributed by atoms with van der Waals surface area (Å²) in [6.07, 6.45) is 1.32. The number of aromatic nitrogens is 3. The third kappa shape index (κ3) is 4.59. The van der Waals surface area contributed by atoms with Crippen molar-refractivity contribution >= 4 is 35.1 Å². The second-order valence-electron chi connectivity index (χ2n) is 9.44. The van der Waals surface area contributed by atoms with Gasteiger partial charge in [0.2, 0.25) is 11.1 Å². The van der Waals surface area contributed by atoms with Gasteiger partial charge in [-0.25, -0.2) is 4.68 Å². The molecule has 0 amide bonds. The lowest BCUT2D eigenvalue weighted by molar-refractivity contribution is -0.118. The summed E-state index contributed by atoms with van der Waals surface area (Å²) >= 11 is 7.67. The van der Waals surface area contributed by atoms with E-state index in [1.807, 2.05) is 53.2 Å². The van der Waals surface area contributed by atoms with Gasteiger partial charge in [-0.1, -0.05) is 68.4 Å². The zero-order chi connectivity index (χ0) is 23.9. The minimum Gasteiger partial charge on any atom is -0.489 e. The molecule has 1 unspecified atom stereocenters. The Labute approximate surface area is 208 Å². The Morgan fingerprint density at radius 2 is 2.00 bits per heavy atom. The minimum absolute atomic E-state index is 0.0886. The molecule has 5 rings (SSSR count). The molecule has 0 radical (unpaired) electrons. The van der Waals surface area contributed by atoms with E-state index in [0.29, 0.717) is 29.2 Å². The number of fused-ring (bicyclic) bond motifs is 1. The van der Waals surface area contributed by atoms with Crippen LogP contribution < -0.4 is 10.1 Å². The predicted octanol–water partition coefficient (Wildman–Crippen LogP) is 6.28. The first-order valence-corrected chi connectivity index (χ1v) is 12.8. The first kappa shape index (κ1) is 23.0. The van der Waals surface area contributed by atoms with Crippen LogP contribution in [-0.2, 0) is 11.4 Å². The maximum absolute atomic E-state index is 13.3. The quantitative estimate of drug-likeness (QED) is 0.406. The number of nitrogens with zero attached hydrogens (tertiary/aromatic N) is 3. The molecule has 1 atom stereocenters. The number of ether oxygens (including phenoxy) is 1. The van der Waals surface area contributed by atoms with E-state index < -0.39 is 0 Å². The third-order valence-electron chi connectivity index (χ3n) is 6.08. The van der Waals surface area contributed by atoms with Crippen LogP contribution in [0.4, 0.5) is 5.95 Å². The van der Waals surface area contributed by atoms with Crippen molar-refractivity contribution in [2.45, 2.75) is 51.4 Å². The molecule has 0 saturated carbocycles. The Morgan fingerprint density at radius 3 is 2.74 bits per heavy atom. The van der Waals surface area contributed by atoms with Gasteiger partial charge in [-0.2, -0.15) is 4.98 Å². The lowest BCUT2D eigenvalue weighted by Gasteiger charge is -2.38. The van der Waals surface area contributed by atoms with Crippen molar-refractivity contribution in [3.63, 3.8) is 0 Å². The molecular formula is C26H27ClN4O2S. The topological polar surface area (TPSA) is 69.0 Å². The summed E-state index contributed by atoms with van der Waals surface area (Å²) in [4.78, 5) is 18.0. The van der Waals surface area contributed by atoms with Gasteiger partial charge < -0.3 is 10.1 Å². The van der Waals surface area contributed by atoms with Crippen LogP contribution in [0.15, 0.2) is 65.0 Å². The number of carbonyl (C=O) groups excluding carboxylic acids is 1. The van der Waals surface area contributed by atoms with Crippen molar-refractivity contribution in [3.8, 4) is 5.75 Å². The van der Waals surface area contributed by atoms with Crippen molar-refractivity contribution in [2.24, 2.45) is 5.41 Å². The Balaban J connectivity index is 1.46. The van der Waals surface area contributed by atoms with Gasteiger partial charge in [0.1, 0.15) is 18.4 Å². The zero-order valence-electron chi connectivity index (χ0n) is 19.5. The van der Waals surface area contributed by atoms with Crippen LogP contribution in [0.25, 0.3) is 0 Å². The summed E-state index contributed by atoms with van der Waals surface area (Å²) in [7, 11) is 0. The van der Waals surface area contributed by atoms with Gasteiger partial charge in [0.25, 0.3) is 0 Å². The van der Waals surface area contributed by atoms with Crippen LogP contribution in [0.1, 0.15) is 50.8 Å². The number of hydrogen-bond acceptors (Lipinski definition) is 6. The molecule has 0 saturated heterocycles. The molecule has 2 heterocycles. The number of anilines is 1. The molecule has 2 aromatic carbocycles. The van der Waals surface area contributed by atoms with E-state index in [-0.39, 0.29) is 17.2 Å². The number of hydrogen-bond donors (Lipinski definition) is 1. The number of benzene rings is 2. The second-order valence-corrected chi connectivity index (χ2v) is 11.1. The maximum Gasteiger partial charge on any atom is 0.227 e. The molecule has 1 aliphatic heterocycles. The summed E-state index contributed by atoms with van der Waals surface area (Å²) in [5, 5.41) is 9.56. The Bertz CT molecular complexity index is 1270. The largest absolute Gasteiger partial charge is 0.489 e. The van der Waals surface area contributed by atoms with E-state index in [9.17, 15) is 4.79 Å². The molecule has 3 aromatic rings. The van der Waals surface area contributed by atoms with E-state index in [2.05, 4.69) is 26.1 Å². The van der Waals surface area contributed by atoms with Gasteiger partial charge in [0.05, 0.1) is 0 Å². The number of ketones is 1. The highest BCUT2D eigenvalue weighted by molar-refractivity contribution is 7.99. The number of Topliss-reactive ketones (excluding diaryl/α,β-unsaturated/α-hetero) is 1. The zero-order valence-corrected chi connectivity index (χ0v) is 21.0. The van der Waals surface area contributed by atoms with E-state index in [4.69, 9.17) is 26.4 Å². The van der Waals surface area contributed by atoms with Crippen molar-refractivity contribution < 1.29 is 9.53 Å². The first-order chi connectivity index (χ1) is 16.3. The molecule has 1 N–H and O–H groups in total. The summed E-state index contributed by atoms with van der Waals surface area (Å²) in [6.45, 7) is 6.78. The smallest absolute Gasteiger partial charge is 0.227 e. The van der Waals surface area contributed by atoms with Gasteiger partial charge in [0.15, 0.2) is 5.78 Å². The molecule has 0 spiro atoms. The lowest BCUT2D eigenvalue weighted by Crippen LogP contribution is -2.36. The van der Waals surface area contributed by atoms with E-state index >= 15 is 0 Å². The Kier molecular flexibility index (Phi) is 6.16. The number of thioether (sulfide) groups is 1. The SMILES string of the molecule is CCSc1nc2n(n1)C(c1ccc(OCc3cccc(Cl)c3)cc1)C1=C(CC(C)(C)CC1=O)N2. The molecule has 2 aliphatic rings. The lowest BCUT2D eigenvalue weighted by atomic mass is 9.73. The van der Waals surface area contributed by atoms with E-state index in [1.54, 1.807) is 11.8 Å². The molecule has 6 nitrogen and oxygen atoms in total. The van der Waals surface area contributed by atoms with Crippen molar-refractivity contribution in [2.75, 3.05) is 11.1 Å². The maximum atomic E-state index is 13.3. The average molecular weight is 495 g/mol. The standard InChI is InChI=1S/C26H27ClN4O2S/c1-4-34-25-29-24-28-20-13-26(2,3)14-21(32)22(20)23(31(24)30-25)17-8-10-19(11-9-17)33-15-16-6-5-7-18(27)12-16/h5-12,23H,4,13-15H2,1-3H3,(H,28,29,30). The number of rotatable bonds is 6. The third-order valence-corrected chi connectivity index (χ3v) is 7.03. The number of carbonyl (C=O) groups is 1. The highest BCUT2D eigenvalue weighted by atomic mass is 35.5. The van der Waals surface area contributed by atoms with Crippen LogP contribution in [-0.4, -0.2) is 26.3 Å². The molecule has 0 bridgehead atoms. The molecule has 1 aromatic heterocycles. The van der Waals surface area contributed by atoms with Gasteiger partial charge >= 0.3 is 0 Å². The van der Waals surface area contributed by atoms with Gasteiger partial charge in [-0.05, 0) is 53.0 Å². The summed E-state index contributed by atoms with van der Waals surface area (Å²) in [5.41, 5.74) is 3.65. The Morgan fingerprint density at radius 1 is 1.21 bits per heavy atom. The second kappa shape index (κ2) is 9.12. The molecule has 0 fully saturated rings. The average Bonchev–Trinajstić information content (AvgIpc) is 3.18. The molecule has 34 heavy (non-hydrogen) atoms. The van der Waals surface area contributed by atoms with Crippen LogP contribution in [0.2, 0.25) is 5.02 Å². The van der Waals surface area contributed by atoms with Crippen LogP contribution in [0, 0.1) is 5.41 Å². The van der Waals surface area contributed by atoms with Crippen LogP contribution in [0.5, 0.6) is 5.75 Å². The number of allylic oxidation sites excluding steroid dienone is 2. The number of halogens is 1. The monoisotopic (exact) mass is 494 g/mol. The van der Waals surface area contributed by atoms with Crippen LogP contribution >= 0.6 is 23.4 Å². The summed E-state index contributed by atoms with van der Waals surface area (Å²) < 4.78 is 7.82. The summed E-state index contributed by atoms with van der Waals surface area (Å²) in [5.74, 6) is 2.48. The minimum atomic E-state index is -0.310. The van der Waals surface area contributed by atoms with Gasteiger partial charge in [0, 0.05) is 22.7 Å². The Hall–Kier alpha value is -2.77. The molecular weight excluding hydrogens is 468 g/mol. The highest BCUT2D eigenvalue weighted by Crippen LogP contribution is 2.45. The van der Waals surface area contributed by atoms with Crippen molar-refractivity contribution in [3.05, 3.63) is 76.0 Å². The fourth-order valence-corrected chi connectivity index (χ4v) is 5.40. The van der Waals surface area contributed by atoms with Crippen molar-refractivity contribution in [1.82, 2.24) is 14.8 Å². The molecule has 1 aliphatic carbocycles. The first-order valence-electron chi connectivity index (χ1n) is 11.4. The normalized spacial score (nSPS) is 18.8. The van der Waals surface area contributed by atoms with Crippen LogP contribution in [0.3, 0.4) is 0 Å².